The number of carbonyl (C=O) groups is 1. The summed E-state index contributed by atoms with van der Waals surface area (Å²) in [6, 6.07) is 8.51. The zero-order valence-electron chi connectivity index (χ0n) is 18.1. The highest BCUT2D eigenvalue weighted by Crippen LogP contribution is 2.26. The van der Waals surface area contributed by atoms with Crippen LogP contribution >= 0.6 is 24.0 Å². The summed E-state index contributed by atoms with van der Waals surface area (Å²) in [5.41, 5.74) is 1.23. The summed E-state index contributed by atoms with van der Waals surface area (Å²) in [5, 5.41) is 6.77. The standard InChI is InChI=1S/C22H35N3O3.HI/c1-5-27-21(26)17-10-12-18(13-11-17)25-22(23-4)24-14-15-28-20-9-7-6-8-19(20)16(2)3;/h6-9,16-18H,5,10-15H2,1-4H3,(H2,23,24,25);1H. The summed E-state index contributed by atoms with van der Waals surface area (Å²) in [7, 11) is 1.77. The van der Waals surface area contributed by atoms with Gasteiger partial charge in [0.25, 0.3) is 0 Å². The van der Waals surface area contributed by atoms with Gasteiger partial charge in [0.1, 0.15) is 12.4 Å². The van der Waals surface area contributed by atoms with E-state index in [1.165, 1.54) is 5.56 Å². The van der Waals surface area contributed by atoms with Crippen LogP contribution in [0.5, 0.6) is 5.75 Å². The highest BCUT2D eigenvalue weighted by atomic mass is 127. The highest BCUT2D eigenvalue weighted by molar-refractivity contribution is 14.0. The first kappa shape index (κ1) is 25.5. The normalized spacial score (nSPS) is 19.3. The Bertz CT molecular complexity index is 644. The van der Waals surface area contributed by atoms with E-state index in [0.29, 0.717) is 31.7 Å². The van der Waals surface area contributed by atoms with E-state index >= 15 is 0 Å². The fourth-order valence-corrected chi connectivity index (χ4v) is 3.54. The lowest BCUT2D eigenvalue weighted by Gasteiger charge is -2.29. The Kier molecular flexibility index (Phi) is 12.0. The number of aliphatic imine (C=N–C) groups is 1. The van der Waals surface area contributed by atoms with Gasteiger partial charge in [-0.1, -0.05) is 32.0 Å². The number of benzene rings is 1. The molecule has 0 unspecified atom stereocenters. The largest absolute Gasteiger partial charge is 0.491 e. The van der Waals surface area contributed by atoms with Crippen LogP contribution in [0.15, 0.2) is 29.3 Å². The third-order valence-corrected chi connectivity index (χ3v) is 5.10. The van der Waals surface area contributed by atoms with Crippen LogP contribution in [0.3, 0.4) is 0 Å². The zero-order valence-corrected chi connectivity index (χ0v) is 20.4. The lowest BCUT2D eigenvalue weighted by Crippen LogP contribution is -2.46. The number of halogens is 1. The second kappa shape index (κ2) is 13.7. The molecule has 0 spiro atoms. The van der Waals surface area contributed by atoms with Crippen molar-refractivity contribution in [2.45, 2.75) is 58.4 Å². The van der Waals surface area contributed by atoms with Crippen LogP contribution in [0.4, 0.5) is 0 Å². The number of nitrogens with zero attached hydrogens (tertiary/aromatic N) is 1. The van der Waals surface area contributed by atoms with Crippen LogP contribution in [-0.2, 0) is 9.53 Å². The first-order valence-corrected chi connectivity index (χ1v) is 10.4. The highest BCUT2D eigenvalue weighted by Gasteiger charge is 2.27. The van der Waals surface area contributed by atoms with Crippen molar-refractivity contribution in [1.29, 1.82) is 0 Å². The Hall–Kier alpha value is -1.51. The lowest BCUT2D eigenvalue weighted by molar-refractivity contribution is -0.149. The molecule has 29 heavy (non-hydrogen) atoms. The van der Waals surface area contributed by atoms with Gasteiger partial charge in [-0.3, -0.25) is 9.79 Å². The molecular weight excluding hydrogens is 481 g/mol. The SMILES string of the molecule is CCOC(=O)C1CCC(NC(=NC)NCCOc2ccccc2C(C)C)CC1.I. The monoisotopic (exact) mass is 517 g/mol. The van der Waals surface area contributed by atoms with Crippen molar-refractivity contribution >= 4 is 35.9 Å². The number of hydrogen-bond acceptors (Lipinski definition) is 4. The van der Waals surface area contributed by atoms with Gasteiger partial charge in [0, 0.05) is 13.1 Å². The third-order valence-electron chi connectivity index (χ3n) is 5.10. The van der Waals surface area contributed by atoms with E-state index in [1.807, 2.05) is 25.1 Å². The molecule has 0 atom stereocenters. The van der Waals surface area contributed by atoms with Crippen molar-refractivity contribution in [3.63, 3.8) is 0 Å². The Morgan fingerprint density at radius 3 is 2.52 bits per heavy atom. The smallest absolute Gasteiger partial charge is 0.308 e. The van der Waals surface area contributed by atoms with E-state index < -0.39 is 0 Å². The zero-order chi connectivity index (χ0) is 20.4. The summed E-state index contributed by atoms with van der Waals surface area (Å²) in [5.74, 6) is 2.15. The Morgan fingerprint density at radius 2 is 1.90 bits per heavy atom. The Labute approximate surface area is 192 Å². The Balaban J connectivity index is 0.00000420. The molecule has 0 bridgehead atoms. The molecule has 0 saturated heterocycles. The van der Waals surface area contributed by atoms with E-state index in [0.717, 1.165) is 37.4 Å². The van der Waals surface area contributed by atoms with Crippen molar-refractivity contribution in [2.24, 2.45) is 10.9 Å². The second-order valence-corrected chi connectivity index (χ2v) is 7.48. The number of para-hydroxylation sites is 1. The topological polar surface area (TPSA) is 72.0 Å². The molecule has 1 fully saturated rings. The van der Waals surface area contributed by atoms with Crippen LogP contribution in [0.2, 0.25) is 0 Å². The maximum Gasteiger partial charge on any atom is 0.308 e. The Morgan fingerprint density at radius 1 is 1.21 bits per heavy atom. The van der Waals surface area contributed by atoms with Gasteiger partial charge in [0.05, 0.1) is 19.1 Å². The molecule has 7 heteroatoms. The van der Waals surface area contributed by atoms with E-state index in [4.69, 9.17) is 9.47 Å². The van der Waals surface area contributed by atoms with E-state index in [2.05, 4.69) is 35.5 Å². The summed E-state index contributed by atoms with van der Waals surface area (Å²) < 4.78 is 11.1. The molecule has 0 radical (unpaired) electrons. The van der Waals surface area contributed by atoms with Gasteiger partial charge in [-0.05, 0) is 50.2 Å². The number of guanidine groups is 1. The number of esters is 1. The van der Waals surface area contributed by atoms with Crippen LogP contribution in [0.1, 0.15) is 57.9 Å². The van der Waals surface area contributed by atoms with Crippen molar-refractivity contribution < 1.29 is 14.3 Å². The molecule has 0 heterocycles. The number of hydrogen-bond donors (Lipinski definition) is 2. The van der Waals surface area contributed by atoms with Gasteiger partial charge >= 0.3 is 5.97 Å². The third kappa shape index (κ3) is 8.40. The minimum atomic E-state index is -0.0534. The summed E-state index contributed by atoms with van der Waals surface area (Å²) in [6.07, 6.45) is 3.62. The van der Waals surface area contributed by atoms with Crippen LogP contribution < -0.4 is 15.4 Å². The predicted molar refractivity (Wildman–Crippen MR) is 128 cm³/mol. The van der Waals surface area contributed by atoms with Gasteiger partial charge in [-0.15, -0.1) is 24.0 Å². The minimum absolute atomic E-state index is 0. The van der Waals surface area contributed by atoms with Gasteiger partial charge < -0.3 is 20.1 Å². The van der Waals surface area contributed by atoms with Crippen molar-refractivity contribution in [1.82, 2.24) is 10.6 Å². The van der Waals surface area contributed by atoms with Crippen molar-refractivity contribution in [2.75, 3.05) is 26.8 Å². The molecule has 2 rings (SSSR count). The number of nitrogens with one attached hydrogen (secondary N) is 2. The molecule has 0 aliphatic heterocycles. The number of ether oxygens (including phenoxy) is 2. The van der Waals surface area contributed by atoms with E-state index in [1.54, 1.807) is 7.05 Å². The molecule has 6 nitrogen and oxygen atoms in total. The summed E-state index contributed by atoms with van der Waals surface area (Å²) >= 11 is 0. The van der Waals surface area contributed by atoms with Gasteiger partial charge in [-0.2, -0.15) is 0 Å². The first-order chi connectivity index (χ1) is 13.5. The van der Waals surface area contributed by atoms with Gasteiger partial charge in [0.15, 0.2) is 5.96 Å². The maximum absolute atomic E-state index is 11.8. The van der Waals surface area contributed by atoms with E-state index in [-0.39, 0.29) is 35.9 Å². The molecule has 0 amide bonds. The first-order valence-electron chi connectivity index (χ1n) is 10.4. The predicted octanol–water partition coefficient (Wildman–Crippen LogP) is 4.09. The fraction of sp³-hybridized carbons (Fsp3) is 0.636. The van der Waals surface area contributed by atoms with E-state index in [9.17, 15) is 4.79 Å². The van der Waals surface area contributed by atoms with Gasteiger partial charge in [-0.25, -0.2) is 0 Å². The minimum Gasteiger partial charge on any atom is -0.491 e. The molecule has 164 valence electrons. The molecule has 1 aromatic rings. The van der Waals surface area contributed by atoms with Crippen LogP contribution in [0, 0.1) is 5.92 Å². The average molecular weight is 517 g/mol. The summed E-state index contributed by atoms with van der Waals surface area (Å²) in [6.45, 7) is 7.89. The molecule has 1 aliphatic carbocycles. The number of rotatable bonds is 8. The molecule has 1 aromatic carbocycles. The number of carbonyl (C=O) groups excluding carboxylic acids is 1. The maximum atomic E-state index is 11.8. The summed E-state index contributed by atoms with van der Waals surface area (Å²) in [4.78, 5) is 16.2. The van der Waals surface area contributed by atoms with Crippen molar-refractivity contribution in [3.05, 3.63) is 29.8 Å². The van der Waals surface area contributed by atoms with Crippen LogP contribution in [-0.4, -0.2) is 44.8 Å². The van der Waals surface area contributed by atoms with Gasteiger partial charge in [0.2, 0.25) is 0 Å². The average Bonchev–Trinajstić information content (AvgIpc) is 2.71. The molecular formula is C22H36IN3O3. The molecule has 1 aliphatic rings. The molecule has 1 saturated carbocycles. The van der Waals surface area contributed by atoms with Crippen LogP contribution in [0.25, 0.3) is 0 Å². The molecule has 0 aromatic heterocycles. The second-order valence-electron chi connectivity index (χ2n) is 7.48. The molecule has 2 N–H and O–H groups in total. The van der Waals surface area contributed by atoms with Crippen molar-refractivity contribution in [3.8, 4) is 5.75 Å². The quantitative estimate of drug-likeness (QED) is 0.179. The fourth-order valence-electron chi connectivity index (χ4n) is 3.54. The lowest BCUT2D eigenvalue weighted by atomic mass is 9.86.